The van der Waals surface area contributed by atoms with Gasteiger partial charge in [-0.3, -0.25) is 33.6 Å². The Bertz CT molecular complexity index is 1920. The average molecular weight is 827 g/mol. The summed E-state index contributed by atoms with van der Waals surface area (Å²) in [5.74, 6) is -7.90. The molecule has 0 aliphatic carbocycles. The second-order valence-electron chi connectivity index (χ2n) is 14.2. The number of nitrogens with one attached hydrogen (secondary N) is 8. The summed E-state index contributed by atoms with van der Waals surface area (Å²) in [7, 11) is 0. The van der Waals surface area contributed by atoms with Crippen LogP contribution in [0.4, 0.5) is 0 Å². The topological polar surface area (TPSA) is 372 Å². The number of aliphatic hydroxyl groups excluding tert-OH is 1. The van der Waals surface area contributed by atoms with Crippen LogP contribution in [0.2, 0.25) is 0 Å². The van der Waals surface area contributed by atoms with Crippen LogP contribution in [0, 0.1) is 5.92 Å². The molecule has 2 aromatic heterocycles. The Kier molecular flexibility index (Phi) is 18.4. The number of primary amides is 1. The minimum atomic E-state index is -1.69. The van der Waals surface area contributed by atoms with Crippen LogP contribution in [0.3, 0.4) is 0 Å². The summed E-state index contributed by atoms with van der Waals surface area (Å²) in [5, 5.41) is 35.0. The number of fused-ring (bicyclic) bond motifs is 1. The van der Waals surface area contributed by atoms with Gasteiger partial charge in [0.1, 0.15) is 30.2 Å². The molecule has 0 spiro atoms. The van der Waals surface area contributed by atoms with E-state index in [1.165, 1.54) is 12.5 Å². The van der Waals surface area contributed by atoms with Crippen molar-refractivity contribution in [3.05, 3.63) is 54.2 Å². The van der Waals surface area contributed by atoms with Crippen molar-refractivity contribution >= 4 is 58.2 Å². The summed E-state index contributed by atoms with van der Waals surface area (Å²) in [4.78, 5) is 113. The summed E-state index contributed by atoms with van der Waals surface area (Å²) in [6, 6.07) is -1.12. The SMILES string of the molecule is CC(C)[C@H](N)C(=O)N[C@@H](CC(N)=O)C(=O)N[C@@H](CO)C(=O)N[C@@H](Cc1c[nH]c2ccccc12)C(=O)NCC(=O)N[C@@H](CCCCN)C(=O)N[C@@H](Cc1cnc[nH]1)C(=O)O. The number of imidazole rings is 1. The van der Waals surface area contributed by atoms with Crippen LogP contribution in [0.1, 0.15) is 50.8 Å². The summed E-state index contributed by atoms with van der Waals surface area (Å²) < 4.78 is 0. The van der Waals surface area contributed by atoms with Crippen molar-refractivity contribution in [1.29, 1.82) is 0 Å². The van der Waals surface area contributed by atoms with Gasteiger partial charge in [0.2, 0.25) is 41.4 Å². The van der Waals surface area contributed by atoms with Gasteiger partial charge in [0, 0.05) is 41.8 Å². The van der Waals surface area contributed by atoms with Crippen molar-refractivity contribution < 1.29 is 48.6 Å². The van der Waals surface area contributed by atoms with Crippen molar-refractivity contribution in [2.75, 3.05) is 19.7 Å². The van der Waals surface area contributed by atoms with Crippen molar-refractivity contribution in [3.8, 4) is 0 Å². The van der Waals surface area contributed by atoms with Crippen molar-refractivity contribution in [3.63, 3.8) is 0 Å². The van der Waals surface area contributed by atoms with Gasteiger partial charge in [0.15, 0.2) is 0 Å². The summed E-state index contributed by atoms with van der Waals surface area (Å²) in [5.41, 5.74) is 18.5. The highest BCUT2D eigenvalue weighted by atomic mass is 16.4. The van der Waals surface area contributed by atoms with Crippen LogP contribution in [-0.4, -0.2) is 128 Å². The fourth-order valence-electron chi connectivity index (χ4n) is 5.84. The smallest absolute Gasteiger partial charge is 0.326 e. The van der Waals surface area contributed by atoms with E-state index in [-0.39, 0.29) is 25.2 Å². The van der Waals surface area contributed by atoms with Crippen molar-refractivity contribution in [2.45, 2.75) is 88.6 Å². The summed E-state index contributed by atoms with van der Waals surface area (Å²) in [6.45, 7) is 1.99. The van der Waals surface area contributed by atoms with Crippen LogP contribution in [0.25, 0.3) is 10.9 Å². The number of rotatable bonds is 25. The number of aromatic nitrogens is 3. The third-order valence-electron chi connectivity index (χ3n) is 9.22. The molecule has 6 atom stereocenters. The van der Waals surface area contributed by atoms with Gasteiger partial charge in [0.05, 0.1) is 31.9 Å². The lowest BCUT2D eigenvalue weighted by Crippen LogP contribution is -2.60. The number of carboxylic acids is 1. The normalized spacial score (nSPS) is 14.2. The molecular weight excluding hydrogens is 772 g/mol. The molecule has 7 amide bonds. The zero-order valence-electron chi connectivity index (χ0n) is 32.8. The highest BCUT2D eigenvalue weighted by molar-refractivity contribution is 5.98. The first-order chi connectivity index (χ1) is 28.0. The predicted molar refractivity (Wildman–Crippen MR) is 211 cm³/mol. The van der Waals surface area contributed by atoms with Gasteiger partial charge in [-0.15, -0.1) is 0 Å². The molecule has 322 valence electrons. The number of aromatic amines is 2. The second-order valence-corrected chi connectivity index (χ2v) is 14.2. The molecule has 2 heterocycles. The predicted octanol–water partition coefficient (Wildman–Crippen LogP) is -3.72. The van der Waals surface area contributed by atoms with Gasteiger partial charge in [-0.25, -0.2) is 9.78 Å². The lowest BCUT2D eigenvalue weighted by Gasteiger charge is -2.25. The Morgan fingerprint density at radius 3 is 2.05 bits per heavy atom. The Hall–Kier alpha value is -6.39. The number of carbonyl (C=O) groups is 8. The maximum atomic E-state index is 13.7. The second kappa shape index (κ2) is 23.1. The highest BCUT2D eigenvalue weighted by Gasteiger charge is 2.33. The zero-order chi connectivity index (χ0) is 43.6. The van der Waals surface area contributed by atoms with Gasteiger partial charge in [-0.05, 0) is 43.4 Å². The van der Waals surface area contributed by atoms with E-state index in [1.54, 1.807) is 44.3 Å². The third kappa shape index (κ3) is 14.8. The number of aliphatic carboxylic acids is 1. The van der Waals surface area contributed by atoms with E-state index in [0.29, 0.717) is 36.0 Å². The number of benzene rings is 1. The molecular formula is C37H54N12O10. The van der Waals surface area contributed by atoms with E-state index in [9.17, 15) is 48.6 Å². The quantitative estimate of drug-likeness (QED) is 0.0366. The van der Waals surface area contributed by atoms with Crippen LogP contribution >= 0.6 is 0 Å². The number of para-hydroxylation sites is 1. The minimum absolute atomic E-state index is 0.0984. The molecule has 0 bridgehead atoms. The van der Waals surface area contributed by atoms with Gasteiger partial charge in [0.25, 0.3) is 0 Å². The van der Waals surface area contributed by atoms with E-state index < -0.39 is 103 Å². The standard InChI is InChI=1S/C37H54N12O10/c1-19(2)31(40)36(57)47-26(13-29(39)51)34(55)49-28(17-50)35(56)46-25(11-20-14-42-23-8-4-3-7-22(20)23)32(53)43-16-30(52)45-24(9-5-6-10-38)33(54)48-27(37(58)59)12-21-15-41-18-44-21/h3-4,7-8,14-15,18-19,24-28,31,42,50H,5-6,9-13,16-17,38,40H2,1-2H3,(H2,39,51)(H,41,44)(H,43,53)(H,45,52)(H,46,56)(H,47,57)(H,48,54)(H,49,55)(H,58,59)/t24-,25-,26-,27-,28-,31-/m0/s1. The molecule has 0 unspecified atom stereocenters. The molecule has 1 aromatic carbocycles. The molecule has 3 aromatic rings. The molecule has 0 saturated carbocycles. The van der Waals surface area contributed by atoms with Gasteiger partial charge >= 0.3 is 5.97 Å². The summed E-state index contributed by atoms with van der Waals surface area (Å²) >= 11 is 0. The molecule has 0 radical (unpaired) electrons. The van der Waals surface area contributed by atoms with Gasteiger partial charge in [-0.2, -0.15) is 0 Å². The molecule has 0 saturated heterocycles. The lowest BCUT2D eigenvalue weighted by molar-refractivity contribution is -0.142. The monoisotopic (exact) mass is 826 g/mol. The number of carboxylic acid groups (broad SMARTS) is 1. The highest BCUT2D eigenvalue weighted by Crippen LogP contribution is 2.19. The number of carbonyl (C=O) groups excluding carboxylic acids is 7. The number of unbranched alkanes of at least 4 members (excludes halogenated alkanes) is 1. The van der Waals surface area contributed by atoms with Crippen molar-refractivity contribution in [1.82, 2.24) is 46.9 Å². The van der Waals surface area contributed by atoms with E-state index in [4.69, 9.17) is 17.2 Å². The first-order valence-electron chi connectivity index (χ1n) is 18.9. The molecule has 22 nitrogen and oxygen atoms in total. The molecule has 22 heteroatoms. The fraction of sp³-hybridized carbons (Fsp3) is 0.486. The van der Waals surface area contributed by atoms with Crippen LogP contribution in [0.5, 0.6) is 0 Å². The maximum Gasteiger partial charge on any atom is 0.326 e. The molecule has 0 aliphatic heterocycles. The maximum absolute atomic E-state index is 13.7. The van der Waals surface area contributed by atoms with Gasteiger partial charge in [-0.1, -0.05) is 32.0 Å². The average Bonchev–Trinajstić information content (AvgIpc) is 3.87. The lowest BCUT2D eigenvalue weighted by atomic mass is 10.0. The van der Waals surface area contributed by atoms with Crippen LogP contribution < -0.4 is 49.1 Å². The number of nitrogens with zero attached hydrogens (tertiary/aromatic N) is 1. The largest absolute Gasteiger partial charge is 0.480 e. The van der Waals surface area contributed by atoms with Crippen molar-refractivity contribution in [2.24, 2.45) is 23.1 Å². The Labute approximate surface area is 338 Å². The van der Waals surface area contributed by atoms with Crippen LogP contribution in [0.15, 0.2) is 43.0 Å². The Balaban J connectivity index is 1.76. The number of hydrogen-bond donors (Lipinski definition) is 13. The third-order valence-corrected chi connectivity index (χ3v) is 9.22. The number of amides is 7. The Morgan fingerprint density at radius 2 is 1.42 bits per heavy atom. The first-order valence-corrected chi connectivity index (χ1v) is 18.9. The Morgan fingerprint density at radius 1 is 0.780 bits per heavy atom. The van der Waals surface area contributed by atoms with E-state index in [2.05, 4.69) is 46.9 Å². The van der Waals surface area contributed by atoms with E-state index in [1.807, 2.05) is 0 Å². The molecule has 0 fully saturated rings. The zero-order valence-corrected chi connectivity index (χ0v) is 32.8. The van der Waals surface area contributed by atoms with E-state index >= 15 is 0 Å². The molecule has 3 rings (SSSR count). The number of H-pyrrole nitrogens is 2. The fourth-order valence-corrected chi connectivity index (χ4v) is 5.84. The number of aliphatic hydroxyl groups is 1. The molecule has 0 aliphatic rings. The van der Waals surface area contributed by atoms with E-state index in [0.717, 1.165) is 5.52 Å². The number of hydrogen-bond acceptors (Lipinski definition) is 12. The summed E-state index contributed by atoms with van der Waals surface area (Å²) in [6.07, 6.45) is 4.49. The first kappa shape index (κ1) is 47.0. The minimum Gasteiger partial charge on any atom is -0.480 e. The van der Waals surface area contributed by atoms with Crippen LogP contribution in [-0.2, 0) is 51.2 Å². The number of nitrogens with two attached hydrogens (primary N) is 3. The molecule has 59 heavy (non-hydrogen) atoms. The van der Waals surface area contributed by atoms with Gasteiger partial charge < -0.3 is 69.3 Å². The molecule has 16 N–H and O–H groups in total.